The second-order valence-corrected chi connectivity index (χ2v) is 4.08. The highest BCUT2D eigenvalue weighted by atomic mass is 19.4. The van der Waals surface area contributed by atoms with Crippen molar-refractivity contribution in [2.24, 2.45) is 0 Å². The first-order valence-corrected chi connectivity index (χ1v) is 5.40. The Balaban J connectivity index is 2.65. The Bertz CT molecular complexity index is 468. The van der Waals surface area contributed by atoms with Crippen LogP contribution in [-0.4, -0.2) is 29.2 Å². The molecule has 0 aliphatic heterocycles. The molecule has 0 bridgehead atoms. The predicted molar refractivity (Wildman–Crippen MR) is 61.0 cm³/mol. The van der Waals surface area contributed by atoms with Gasteiger partial charge in [-0.05, 0) is 31.2 Å². The van der Waals surface area contributed by atoms with Crippen LogP contribution in [0.1, 0.15) is 34.1 Å². The number of aromatic carboxylic acids is 1. The molecule has 1 rings (SSSR count). The van der Waals surface area contributed by atoms with Gasteiger partial charge in [0.05, 0.1) is 12.0 Å². The number of nitrogens with one attached hydrogen (secondary N) is 1. The summed E-state index contributed by atoms with van der Waals surface area (Å²) in [4.78, 5) is 22.2. The summed E-state index contributed by atoms with van der Waals surface area (Å²) in [6.07, 6.45) is -5.47. The zero-order chi connectivity index (χ0) is 14.6. The number of amides is 1. The maximum atomic E-state index is 12.1. The Labute approximate surface area is 107 Å². The number of benzene rings is 1. The average molecular weight is 275 g/mol. The summed E-state index contributed by atoms with van der Waals surface area (Å²) in [6, 6.07) is 3.88. The fourth-order valence-corrected chi connectivity index (χ4v) is 1.47. The van der Waals surface area contributed by atoms with Crippen molar-refractivity contribution in [1.82, 2.24) is 5.32 Å². The summed E-state index contributed by atoms with van der Waals surface area (Å²) in [7, 11) is 0. The molecule has 19 heavy (non-hydrogen) atoms. The minimum atomic E-state index is -4.35. The molecule has 1 unspecified atom stereocenters. The molecular formula is C12H12F3NO3. The minimum Gasteiger partial charge on any atom is -0.478 e. The van der Waals surface area contributed by atoms with E-state index < -0.39 is 30.5 Å². The van der Waals surface area contributed by atoms with Gasteiger partial charge < -0.3 is 10.4 Å². The first-order valence-electron chi connectivity index (χ1n) is 5.40. The van der Waals surface area contributed by atoms with Crippen LogP contribution in [0.25, 0.3) is 0 Å². The third-order valence-corrected chi connectivity index (χ3v) is 2.31. The summed E-state index contributed by atoms with van der Waals surface area (Å²) in [5.74, 6) is -1.81. The number of carbonyl (C=O) groups is 2. The van der Waals surface area contributed by atoms with Gasteiger partial charge >= 0.3 is 12.1 Å². The van der Waals surface area contributed by atoms with Crippen LogP contribution >= 0.6 is 0 Å². The normalized spacial score (nSPS) is 12.8. The van der Waals surface area contributed by atoms with E-state index in [0.717, 1.165) is 0 Å². The number of carboxylic acid groups (broad SMARTS) is 1. The van der Waals surface area contributed by atoms with Gasteiger partial charge in [-0.25, -0.2) is 4.79 Å². The minimum absolute atomic E-state index is 0.000102. The summed E-state index contributed by atoms with van der Waals surface area (Å²) >= 11 is 0. The second-order valence-electron chi connectivity index (χ2n) is 4.08. The van der Waals surface area contributed by atoms with Crippen LogP contribution in [0.15, 0.2) is 24.3 Å². The Kier molecular flexibility index (Phi) is 4.52. The van der Waals surface area contributed by atoms with Crippen molar-refractivity contribution in [3.05, 3.63) is 35.4 Å². The lowest BCUT2D eigenvalue weighted by atomic mass is 10.1. The third kappa shape index (κ3) is 4.99. The topological polar surface area (TPSA) is 66.4 Å². The van der Waals surface area contributed by atoms with Crippen LogP contribution in [0.2, 0.25) is 0 Å². The summed E-state index contributed by atoms with van der Waals surface area (Å²) in [5.41, 5.74) is 0.110. The molecule has 2 N–H and O–H groups in total. The molecule has 1 atom stereocenters. The highest BCUT2D eigenvalue weighted by Gasteiger charge is 2.30. The van der Waals surface area contributed by atoms with Crippen molar-refractivity contribution in [2.45, 2.75) is 25.6 Å². The van der Waals surface area contributed by atoms with Crippen LogP contribution < -0.4 is 5.32 Å². The molecule has 0 spiro atoms. The van der Waals surface area contributed by atoms with Crippen LogP contribution in [0.4, 0.5) is 13.2 Å². The summed E-state index contributed by atoms with van der Waals surface area (Å²) in [5, 5.41) is 10.9. The number of carbonyl (C=O) groups excluding carboxylic acids is 1. The van der Waals surface area contributed by atoms with Crippen molar-refractivity contribution in [1.29, 1.82) is 0 Å². The zero-order valence-corrected chi connectivity index (χ0v) is 9.99. The van der Waals surface area contributed by atoms with Crippen LogP contribution in [-0.2, 0) is 0 Å². The Morgan fingerprint density at radius 2 is 1.68 bits per heavy atom. The maximum Gasteiger partial charge on any atom is 0.391 e. The molecule has 0 radical (unpaired) electrons. The fourth-order valence-electron chi connectivity index (χ4n) is 1.47. The van der Waals surface area contributed by atoms with E-state index in [0.29, 0.717) is 0 Å². The molecule has 0 heterocycles. The molecule has 7 heteroatoms. The van der Waals surface area contributed by atoms with Gasteiger partial charge in [-0.1, -0.05) is 0 Å². The summed E-state index contributed by atoms with van der Waals surface area (Å²) in [6.45, 7) is 1.25. The zero-order valence-electron chi connectivity index (χ0n) is 9.99. The van der Waals surface area contributed by atoms with Crippen molar-refractivity contribution < 1.29 is 27.9 Å². The molecule has 1 aromatic rings. The number of hydrogen-bond donors (Lipinski definition) is 2. The standard InChI is InChI=1S/C12H12F3NO3/c1-7(6-12(13,14)15)16-10(17)8-2-4-9(5-3-8)11(18)19/h2-5,7H,6H2,1H3,(H,16,17)(H,18,19). The molecule has 0 aromatic heterocycles. The number of rotatable bonds is 4. The third-order valence-electron chi connectivity index (χ3n) is 2.31. The first-order chi connectivity index (χ1) is 8.69. The molecule has 0 saturated heterocycles. The number of alkyl halides is 3. The smallest absolute Gasteiger partial charge is 0.391 e. The van der Waals surface area contributed by atoms with E-state index in [4.69, 9.17) is 5.11 Å². The maximum absolute atomic E-state index is 12.1. The van der Waals surface area contributed by atoms with E-state index in [-0.39, 0.29) is 11.1 Å². The second kappa shape index (κ2) is 5.73. The molecule has 4 nitrogen and oxygen atoms in total. The number of carboxylic acids is 1. The van der Waals surface area contributed by atoms with Gasteiger partial charge in [0.2, 0.25) is 0 Å². The van der Waals surface area contributed by atoms with E-state index in [1.165, 1.54) is 31.2 Å². The number of halogens is 3. The van der Waals surface area contributed by atoms with Crippen LogP contribution in [0.3, 0.4) is 0 Å². The Morgan fingerprint density at radius 1 is 1.21 bits per heavy atom. The quantitative estimate of drug-likeness (QED) is 0.887. The van der Waals surface area contributed by atoms with E-state index in [1.54, 1.807) is 0 Å². The van der Waals surface area contributed by atoms with E-state index in [9.17, 15) is 22.8 Å². The van der Waals surface area contributed by atoms with Gasteiger partial charge in [-0.15, -0.1) is 0 Å². The van der Waals surface area contributed by atoms with Crippen molar-refractivity contribution in [2.75, 3.05) is 0 Å². The molecule has 0 aliphatic rings. The van der Waals surface area contributed by atoms with Gasteiger partial charge in [0.1, 0.15) is 0 Å². The largest absolute Gasteiger partial charge is 0.478 e. The van der Waals surface area contributed by atoms with Gasteiger partial charge in [-0.3, -0.25) is 4.79 Å². The Morgan fingerprint density at radius 3 is 2.11 bits per heavy atom. The lowest BCUT2D eigenvalue weighted by Crippen LogP contribution is -2.35. The lowest BCUT2D eigenvalue weighted by molar-refractivity contribution is -0.138. The molecule has 1 amide bonds. The van der Waals surface area contributed by atoms with Gasteiger partial charge in [0.25, 0.3) is 5.91 Å². The van der Waals surface area contributed by atoms with Crippen molar-refractivity contribution in [3.8, 4) is 0 Å². The van der Waals surface area contributed by atoms with Gasteiger partial charge in [0.15, 0.2) is 0 Å². The highest BCUT2D eigenvalue weighted by Crippen LogP contribution is 2.21. The monoisotopic (exact) mass is 275 g/mol. The average Bonchev–Trinajstić information content (AvgIpc) is 2.26. The highest BCUT2D eigenvalue weighted by molar-refractivity contribution is 5.96. The van der Waals surface area contributed by atoms with Gasteiger partial charge in [0, 0.05) is 11.6 Å². The van der Waals surface area contributed by atoms with Crippen LogP contribution in [0.5, 0.6) is 0 Å². The Hall–Kier alpha value is -2.05. The van der Waals surface area contributed by atoms with E-state index in [1.807, 2.05) is 0 Å². The number of hydrogen-bond acceptors (Lipinski definition) is 2. The fraction of sp³-hybridized carbons (Fsp3) is 0.333. The molecule has 104 valence electrons. The predicted octanol–water partition coefficient (Wildman–Crippen LogP) is 2.46. The molecule has 0 saturated carbocycles. The van der Waals surface area contributed by atoms with Crippen molar-refractivity contribution >= 4 is 11.9 Å². The van der Waals surface area contributed by atoms with E-state index in [2.05, 4.69) is 5.32 Å². The lowest BCUT2D eigenvalue weighted by Gasteiger charge is -2.15. The molecule has 0 fully saturated rings. The molecule has 0 aliphatic carbocycles. The molecule has 1 aromatic carbocycles. The molecular weight excluding hydrogens is 263 g/mol. The van der Waals surface area contributed by atoms with Crippen LogP contribution in [0, 0.1) is 0 Å². The van der Waals surface area contributed by atoms with Crippen molar-refractivity contribution in [3.63, 3.8) is 0 Å². The first kappa shape index (κ1) is 15.0. The SMILES string of the molecule is CC(CC(F)(F)F)NC(=O)c1ccc(C(=O)O)cc1. The van der Waals surface area contributed by atoms with E-state index >= 15 is 0 Å². The van der Waals surface area contributed by atoms with Gasteiger partial charge in [-0.2, -0.15) is 13.2 Å². The summed E-state index contributed by atoms with van der Waals surface area (Å²) < 4.78 is 36.3.